The minimum absolute atomic E-state index is 0.0374. The Morgan fingerprint density at radius 3 is 2.75 bits per heavy atom. The molecule has 0 unspecified atom stereocenters. The Morgan fingerprint density at radius 1 is 1.21 bits per heavy atom. The highest BCUT2D eigenvalue weighted by molar-refractivity contribution is 7.16. The Labute approximate surface area is 173 Å². The lowest BCUT2D eigenvalue weighted by molar-refractivity contribution is -0.117. The third-order valence-electron chi connectivity index (χ3n) is 4.98. The number of piperazine rings is 1. The van der Waals surface area contributed by atoms with Crippen LogP contribution in [-0.2, 0) is 4.79 Å². The molecule has 2 aromatic heterocycles. The normalized spacial score (nSPS) is 15.2. The Kier molecular flexibility index (Phi) is 5.48. The van der Waals surface area contributed by atoms with Gasteiger partial charge in [-0.05, 0) is 42.5 Å². The molecule has 0 atom stereocenters. The van der Waals surface area contributed by atoms with Gasteiger partial charge in [0.25, 0.3) is 0 Å². The van der Waals surface area contributed by atoms with E-state index in [1.54, 1.807) is 17.7 Å². The predicted molar refractivity (Wildman–Crippen MR) is 116 cm³/mol. The highest BCUT2D eigenvalue weighted by Crippen LogP contribution is 2.28. The Hall–Kier alpha value is -2.22. The predicted octanol–water partition coefficient (Wildman–Crippen LogP) is 3.72. The molecule has 146 valence electrons. The number of nitrogens with zero attached hydrogens (tertiary/aromatic N) is 4. The zero-order valence-corrected chi connectivity index (χ0v) is 17.5. The van der Waals surface area contributed by atoms with E-state index < -0.39 is 0 Å². The third-order valence-corrected chi connectivity index (χ3v) is 6.09. The first kappa shape index (κ1) is 19.1. The van der Waals surface area contributed by atoms with Crippen LogP contribution >= 0.6 is 22.9 Å². The second-order valence-corrected chi connectivity index (χ2v) is 8.39. The molecule has 3 heterocycles. The SMILES string of the molecule is Cc1cc(C)c(NC(=O)CN2CCN(c3ncnc4sccc34)CC2)c(Cl)c1. The van der Waals surface area contributed by atoms with Crippen molar-refractivity contribution >= 4 is 50.6 Å². The molecule has 1 fully saturated rings. The minimum Gasteiger partial charge on any atom is -0.353 e. The number of fused-ring (bicyclic) bond motifs is 1. The van der Waals surface area contributed by atoms with Crippen molar-refractivity contribution in [3.05, 3.63) is 46.1 Å². The van der Waals surface area contributed by atoms with Crippen LogP contribution in [0.3, 0.4) is 0 Å². The lowest BCUT2D eigenvalue weighted by Gasteiger charge is -2.35. The van der Waals surface area contributed by atoms with Gasteiger partial charge in [0, 0.05) is 26.2 Å². The van der Waals surface area contributed by atoms with Crippen molar-refractivity contribution in [1.82, 2.24) is 14.9 Å². The van der Waals surface area contributed by atoms with Gasteiger partial charge in [-0.2, -0.15) is 0 Å². The molecule has 0 bridgehead atoms. The molecular formula is C20H22ClN5OS. The average molecular weight is 416 g/mol. The molecule has 4 rings (SSSR count). The van der Waals surface area contributed by atoms with Gasteiger partial charge < -0.3 is 10.2 Å². The van der Waals surface area contributed by atoms with E-state index in [2.05, 4.69) is 31.2 Å². The van der Waals surface area contributed by atoms with Gasteiger partial charge in [-0.3, -0.25) is 9.69 Å². The first-order valence-electron chi connectivity index (χ1n) is 9.23. The average Bonchev–Trinajstić information content (AvgIpc) is 3.14. The fourth-order valence-corrected chi connectivity index (χ4v) is 4.70. The number of amides is 1. The molecule has 6 nitrogen and oxygen atoms in total. The summed E-state index contributed by atoms with van der Waals surface area (Å²) in [5.41, 5.74) is 2.77. The second kappa shape index (κ2) is 8.03. The fraction of sp³-hybridized carbons (Fsp3) is 0.350. The quantitative estimate of drug-likeness (QED) is 0.703. The van der Waals surface area contributed by atoms with Crippen molar-refractivity contribution in [2.75, 3.05) is 42.9 Å². The van der Waals surface area contributed by atoms with Gasteiger partial charge in [-0.15, -0.1) is 11.3 Å². The number of rotatable bonds is 4. The van der Waals surface area contributed by atoms with Gasteiger partial charge >= 0.3 is 0 Å². The van der Waals surface area contributed by atoms with Crippen LogP contribution in [0.15, 0.2) is 29.9 Å². The van der Waals surface area contributed by atoms with E-state index in [0.29, 0.717) is 17.3 Å². The van der Waals surface area contributed by atoms with E-state index in [0.717, 1.165) is 53.3 Å². The number of benzene rings is 1. The number of aryl methyl sites for hydroxylation is 2. The molecule has 1 amide bonds. The molecule has 3 aromatic rings. The number of carbonyl (C=O) groups excluding carboxylic acids is 1. The maximum Gasteiger partial charge on any atom is 0.238 e. The number of carbonyl (C=O) groups is 1. The Bertz CT molecular complexity index is 990. The molecule has 1 aliphatic heterocycles. The smallest absolute Gasteiger partial charge is 0.238 e. The first-order valence-corrected chi connectivity index (χ1v) is 10.5. The van der Waals surface area contributed by atoms with E-state index in [-0.39, 0.29) is 5.91 Å². The number of thiophene rings is 1. The van der Waals surface area contributed by atoms with Gasteiger partial charge in [-0.1, -0.05) is 17.7 Å². The molecule has 1 N–H and O–H groups in total. The van der Waals surface area contributed by atoms with Crippen molar-refractivity contribution in [1.29, 1.82) is 0 Å². The topological polar surface area (TPSA) is 61.4 Å². The van der Waals surface area contributed by atoms with Crippen molar-refractivity contribution in [3.63, 3.8) is 0 Å². The van der Waals surface area contributed by atoms with Crippen LogP contribution in [0.25, 0.3) is 10.2 Å². The molecular weight excluding hydrogens is 394 g/mol. The van der Waals surface area contributed by atoms with Gasteiger partial charge in [0.2, 0.25) is 5.91 Å². The van der Waals surface area contributed by atoms with Crippen LogP contribution in [0.4, 0.5) is 11.5 Å². The highest BCUT2D eigenvalue weighted by atomic mass is 35.5. The van der Waals surface area contributed by atoms with Crippen molar-refractivity contribution in [3.8, 4) is 0 Å². The van der Waals surface area contributed by atoms with Crippen LogP contribution in [0, 0.1) is 13.8 Å². The number of hydrogen-bond acceptors (Lipinski definition) is 6. The summed E-state index contributed by atoms with van der Waals surface area (Å²) in [7, 11) is 0. The summed E-state index contributed by atoms with van der Waals surface area (Å²) >= 11 is 7.93. The summed E-state index contributed by atoms with van der Waals surface area (Å²) in [6.45, 7) is 7.59. The largest absolute Gasteiger partial charge is 0.353 e. The van der Waals surface area contributed by atoms with Crippen molar-refractivity contribution < 1.29 is 4.79 Å². The maximum absolute atomic E-state index is 12.5. The molecule has 0 saturated carbocycles. The number of aromatic nitrogens is 2. The van der Waals surface area contributed by atoms with Gasteiger partial charge in [0.15, 0.2) is 0 Å². The van der Waals surface area contributed by atoms with Crippen molar-refractivity contribution in [2.24, 2.45) is 0 Å². The highest BCUT2D eigenvalue weighted by Gasteiger charge is 2.22. The first-order chi connectivity index (χ1) is 13.5. The Balaban J connectivity index is 1.36. The molecule has 1 saturated heterocycles. The third kappa shape index (κ3) is 3.97. The lowest BCUT2D eigenvalue weighted by atomic mass is 10.1. The van der Waals surface area contributed by atoms with Crippen LogP contribution in [0.2, 0.25) is 5.02 Å². The molecule has 0 aliphatic carbocycles. The number of nitrogens with one attached hydrogen (secondary N) is 1. The number of hydrogen-bond donors (Lipinski definition) is 1. The number of halogens is 1. The van der Waals surface area contributed by atoms with Crippen LogP contribution in [0.5, 0.6) is 0 Å². The molecule has 8 heteroatoms. The number of anilines is 2. The summed E-state index contributed by atoms with van der Waals surface area (Å²) in [4.78, 5) is 26.8. The summed E-state index contributed by atoms with van der Waals surface area (Å²) in [6, 6.07) is 5.96. The van der Waals surface area contributed by atoms with Crippen molar-refractivity contribution in [2.45, 2.75) is 13.8 Å². The lowest BCUT2D eigenvalue weighted by Crippen LogP contribution is -2.49. The Morgan fingerprint density at radius 2 is 2.00 bits per heavy atom. The van der Waals surface area contributed by atoms with Crippen LogP contribution in [-0.4, -0.2) is 53.5 Å². The minimum atomic E-state index is -0.0374. The van der Waals surface area contributed by atoms with Gasteiger partial charge in [0.1, 0.15) is 17.0 Å². The summed E-state index contributed by atoms with van der Waals surface area (Å²) < 4.78 is 0. The van der Waals surface area contributed by atoms with Gasteiger partial charge in [0.05, 0.1) is 22.6 Å². The standard InChI is InChI=1S/C20H22ClN5OS/c1-13-9-14(2)18(16(21)10-13)24-17(27)11-25-4-6-26(7-5-25)19-15-3-8-28-20(15)23-12-22-19/h3,8-10,12H,4-7,11H2,1-2H3,(H,24,27). The maximum atomic E-state index is 12.5. The zero-order valence-electron chi connectivity index (χ0n) is 15.9. The second-order valence-electron chi connectivity index (χ2n) is 7.09. The molecule has 0 radical (unpaired) electrons. The van der Waals surface area contributed by atoms with E-state index in [9.17, 15) is 4.79 Å². The molecule has 0 spiro atoms. The van der Waals surface area contributed by atoms with E-state index in [1.165, 1.54) is 0 Å². The summed E-state index contributed by atoms with van der Waals surface area (Å²) in [6.07, 6.45) is 1.63. The summed E-state index contributed by atoms with van der Waals surface area (Å²) in [5, 5.41) is 6.70. The molecule has 1 aromatic carbocycles. The van der Waals surface area contributed by atoms with Gasteiger partial charge in [-0.25, -0.2) is 9.97 Å². The fourth-order valence-electron chi connectivity index (χ4n) is 3.60. The van der Waals surface area contributed by atoms with E-state index in [4.69, 9.17) is 11.6 Å². The summed E-state index contributed by atoms with van der Waals surface area (Å²) in [5.74, 6) is 0.946. The van der Waals surface area contributed by atoms with Crippen LogP contribution < -0.4 is 10.2 Å². The monoisotopic (exact) mass is 415 g/mol. The van der Waals surface area contributed by atoms with E-state index >= 15 is 0 Å². The van der Waals surface area contributed by atoms with Crippen LogP contribution in [0.1, 0.15) is 11.1 Å². The molecule has 1 aliphatic rings. The molecule has 28 heavy (non-hydrogen) atoms. The zero-order chi connectivity index (χ0) is 19.7. The van der Waals surface area contributed by atoms with E-state index in [1.807, 2.05) is 31.4 Å².